The molecule has 1 saturated heterocycles. The molecule has 26 heavy (non-hydrogen) atoms. The van der Waals surface area contributed by atoms with Crippen LogP contribution >= 0.6 is 0 Å². The fourth-order valence-corrected chi connectivity index (χ4v) is 3.05. The van der Waals surface area contributed by atoms with E-state index in [2.05, 4.69) is 31.0 Å². The SMILES string of the molecule is CC(C)(C)c1ccc(C(=O)Nc2cc(N)ccc2N2CCOCC2)cc1. The van der Waals surface area contributed by atoms with Crippen molar-refractivity contribution in [2.75, 3.05) is 42.3 Å². The van der Waals surface area contributed by atoms with Crippen LogP contribution in [0.5, 0.6) is 0 Å². The van der Waals surface area contributed by atoms with Crippen LogP contribution in [0.15, 0.2) is 42.5 Å². The standard InChI is InChI=1S/C21H27N3O2/c1-21(2,3)16-6-4-15(5-7-16)20(25)23-18-14-17(22)8-9-19(18)24-10-12-26-13-11-24/h4-9,14H,10-13,22H2,1-3H3,(H,23,25). The van der Waals surface area contributed by atoms with Gasteiger partial charge in [0.2, 0.25) is 0 Å². The number of anilines is 3. The molecule has 5 heteroatoms. The Hall–Kier alpha value is -2.53. The third-order valence-electron chi connectivity index (χ3n) is 4.63. The Kier molecular flexibility index (Phi) is 5.18. The van der Waals surface area contributed by atoms with Gasteiger partial charge < -0.3 is 20.7 Å². The van der Waals surface area contributed by atoms with Gasteiger partial charge >= 0.3 is 0 Å². The van der Waals surface area contributed by atoms with Gasteiger partial charge in [0.15, 0.2) is 0 Å². The second kappa shape index (κ2) is 7.38. The molecule has 1 aliphatic rings. The summed E-state index contributed by atoms with van der Waals surface area (Å²) in [5.74, 6) is -0.134. The Morgan fingerprint density at radius 2 is 1.73 bits per heavy atom. The highest BCUT2D eigenvalue weighted by Gasteiger charge is 2.18. The monoisotopic (exact) mass is 353 g/mol. The van der Waals surface area contributed by atoms with Crippen LogP contribution in [0, 0.1) is 0 Å². The van der Waals surface area contributed by atoms with Crippen molar-refractivity contribution in [3.63, 3.8) is 0 Å². The molecule has 0 saturated carbocycles. The first-order valence-electron chi connectivity index (χ1n) is 8.99. The summed E-state index contributed by atoms with van der Waals surface area (Å²) in [4.78, 5) is 14.9. The molecule has 1 heterocycles. The summed E-state index contributed by atoms with van der Waals surface area (Å²) < 4.78 is 5.42. The number of morpholine rings is 1. The number of ether oxygens (including phenoxy) is 1. The zero-order valence-electron chi connectivity index (χ0n) is 15.7. The molecular formula is C21H27N3O2. The summed E-state index contributed by atoms with van der Waals surface area (Å²) in [6.07, 6.45) is 0. The Morgan fingerprint density at radius 3 is 2.35 bits per heavy atom. The zero-order chi connectivity index (χ0) is 18.7. The smallest absolute Gasteiger partial charge is 0.255 e. The van der Waals surface area contributed by atoms with E-state index < -0.39 is 0 Å². The number of hydrogen-bond donors (Lipinski definition) is 2. The Labute approximate surface area is 155 Å². The number of rotatable bonds is 3. The summed E-state index contributed by atoms with van der Waals surface area (Å²) in [6.45, 7) is 9.44. The lowest BCUT2D eigenvalue weighted by Gasteiger charge is -2.30. The number of nitrogens with zero attached hydrogens (tertiary/aromatic N) is 1. The third kappa shape index (κ3) is 4.17. The number of nitrogens with one attached hydrogen (secondary N) is 1. The van der Waals surface area contributed by atoms with Crippen molar-refractivity contribution in [1.29, 1.82) is 0 Å². The molecule has 1 fully saturated rings. The summed E-state index contributed by atoms with van der Waals surface area (Å²) >= 11 is 0. The van der Waals surface area contributed by atoms with Gasteiger partial charge in [-0.25, -0.2) is 0 Å². The van der Waals surface area contributed by atoms with Gasteiger partial charge in [-0.1, -0.05) is 32.9 Å². The topological polar surface area (TPSA) is 67.6 Å². The number of nitrogens with two attached hydrogens (primary N) is 1. The summed E-state index contributed by atoms with van der Waals surface area (Å²) in [6, 6.07) is 13.4. The largest absolute Gasteiger partial charge is 0.399 e. The van der Waals surface area contributed by atoms with Crippen LogP contribution in [0.2, 0.25) is 0 Å². The molecule has 0 aliphatic carbocycles. The lowest BCUT2D eigenvalue weighted by Crippen LogP contribution is -2.36. The molecule has 0 radical (unpaired) electrons. The van der Waals surface area contributed by atoms with E-state index in [-0.39, 0.29) is 11.3 Å². The fourth-order valence-electron chi connectivity index (χ4n) is 3.05. The maximum absolute atomic E-state index is 12.7. The molecule has 3 N–H and O–H groups in total. The van der Waals surface area contributed by atoms with Crippen molar-refractivity contribution in [2.24, 2.45) is 0 Å². The molecule has 0 unspecified atom stereocenters. The minimum atomic E-state index is -0.134. The van der Waals surface area contributed by atoms with E-state index in [0.29, 0.717) is 24.5 Å². The first-order chi connectivity index (χ1) is 12.3. The molecule has 3 rings (SSSR count). The molecule has 1 amide bonds. The first-order valence-corrected chi connectivity index (χ1v) is 8.99. The van der Waals surface area contributed by atoms with Gasteiger partial charge in [-0.3, -0.25) is 4.79 Å². The van der Waals surface area contributed by atoms with E-state index >= 15 is 0 Å². The van der Waals surface area contributed by atoms with E-state index in [1.807, 2.05) is 42.5 Å². The van der Waals surface area contributed by atoms with Gasteiger partial charge in [0, 0.05) is 24.3 Å². The molecule has 2 aromatic rings. The number of carbonyl (C=O) groups is 1. The quantitative estimate of drug-likeness (QED) is 0.827. The lowest BCUT2D eigenvalue weighted by molar-refractivity contribution is 0.102. The minimum Gasteiger partial charge on any atom is -0.399 e. The van der Waals surface area contributed by atoms with Gasteiger partial charge in [-0.15, -0.1) is 0 Å². The molecule has 138 valence electrons. The van der Waals surface area contributed by atoms with Gasteiger partial charge in [-0.05, 0) is 41.3 Å². The number of benzene rings is 2. The summed E-state index contributed by atoms with van der Waals surface area (Å²) in [5.41, 5.74) is 10.2. The first kappa shape index (κ1) is 18.3. The second-order valence-corrected chi connectivity index (χ2v) is 7.66. The number of amides is 1. The highest BCUT2D eigenvalue weighted by Crippen LogP contribution is 2.30. The highest BCUT2D eigenvalue weighted by atomic mass is 16.5. The van der Waals surface area contributed by atoms with Crippen molar-refractivity contribution in [1.82, 2.24) is 0 Å². The molecule has 2 aromatic carbocycles. The van der Waals surface area contributed by atoms with Crippen molar-refractivity contribution < 1.29 is 9.53 Å². The Morgan fingerprint density at radius 1 is 1.08 bits per heavy atom. The van der Waals surface area contributed by atoms with E-state index in [1.165, 1.54) is 5.56 Å². The van der Waals surface area contributed by atoms with Gasteiger partial charge in [0.25, 0.3) is 5.91 Å². The molecule has 0 spiro atoms. The van der Waals surface area contributed by atoms with Crippen molar-refractivity contribution in [3.8, 4) is 0 Å². The van der Waals surface area contributed by atoms with Crippen LogP contribution in [0.1, 0.15) is 36.7 Å². The second-order valence-electron chi connectivity index (χ2n) is 7.66. The van der Waals surface area contributed by atoms with Crippen LogP contribution in [-0.2, 0) is 10.2 Å². The number of nitrogen functional groups attached to an aromatic ring is 1. The zero-order valence-corrected chi connectivity index (χ0v) is 15.7. The third-order valence-corrected chi connectivity index (χ3v) is 4.63. The summed E-state index contributed by atoms with van der Waals surface area (Å²) in [5, 5.41) is 3.02. The molecule has 0 atom stereocenters. The molecule has 0 bridgehead atoms. The van der Waals surface area contributed by atoms with Crippen molar-refractivity contribution >= 4 is 23.0 Å². The average Bonchev–Trinajstić information content (AvgIpc) is 2.62. The fraction of sp³-hybridized carbons (Fsp3) is 0.381. The minimum absolute atomic E-state index is 0.0619. The lowest BCUT2D eigenvalue weighted by atomic mass is 9.87. The van der Waals surface area contributed by atoms with Gasteiger partial charge in [-0.2, -0.15) is 0 Å². The maximum atomic E-state index is 12.7. The Bertz CT molecular complexity index is 773. The van der Waals surface area contributed by atoms with Crippen LogP contribution in [0.3, 0.4) is 0 Å². The molecule has 1 aliphatic heterocycles. The Balaban J connectivity index is 1.81. The van der Waals surface area contributed by atoms with Crippen LogP contribution < -0.4 is 16.0 Å². The predicted molar refractivity (Wildman–Crippen MR) is 107 cm³/mol. The van der Waals surface area contributed by atoms with E-state index in [9.17, 15) is 4.79 Å². The number of carbonyl (C=O) groups excluding carboxylic acids is 1. The van der Waals surface area contributed by atoms with Crippen LogP contribution in [0.4, 0.5) is 17.1 Å². The van der Waals surface area contributed by atoms with E-state index in [4.69, 9.17) is 10.5 Å². The van der Waals surface area contributed by atoms with Crippen molar-refractivity contribution in [3.05, 3.63) is 53.6 Å². The highest BCUT2D eigenvalue weighted by molar-refractivity contribution is 6.06. The van der Waals surface area contributed by atoms with Crippen LogP contribution in [0.25, 0.3) is 0 Å². The normalized spacial score (nSPS) is 15.0. The molecular weight excluding hydrogens is 326 g/mol. The molecule has 5 nitrogen and oxygen atoms in total. The summed E-state index contributed by atoms with van der Waals surface area (Å²) in [7, 11) is 0. The van der Waals surface area contributed by atoms with Gasteiger partial charge in [0.1, 0.15) is 0 Å². The van der Waals surface area contributed by atoms with Crippen molar-refractivity contribution in [2.45, 2.75) is 26.2 Å². The van der Waals surface area contributed by atoms with Gasteiger partial charge in [0.05, 0.1) is 24.6 Å². The number of hydrogen-bond acceptors (Lipinski definition) is 4. The van der Waals surface area contributed by atoms with Crippen LogP contribution in [-0.4, -0.2) is 32.2 Å². The maximum Gasteiger partial charge on any atom is 0.255 e. The van der Waals surface area contributed by atoms with E-state index in [0.717, 1.165) is 24.5 Å². The van der Waals surface area contributed by atoms with E-state index in [1.54, 1.807) is 0 Å². The average molecular weight is 353 g/mol. The predicted octanol–water partition coefficient (Wildman–Crippen LogP) is 3.66. The molecule has 0 aromatic heterocycles.